The van der Waals surface area contributed by atoms with Crippen LogP contribution in [0.25, 0.3) is 11.1 Å². The molecule has 0 bridgehead atoms. The highest BCUT2D eigenvalue weighted by atomic mass is 32.2. The number of ether oxygens (including phenoxy) is 1. The van der Waals surface area contributed by atoms with Gasteiger partial charge in [-0.05, 0) is 59.0 Å². The number of halogens is 1. The molecule has 36 heavy (non-hydrogen) atoms. The summed E-state index contributed by atoms with van der Waals surface area (Å²) in [6.07, 6.45) is -0.324. The van der Waals surface area contributed by atoms with Crippen LogP contribution in [0.4, 0.5) is 4.39 Å². The standard InChI is InChI=1S/C26H28FN3O5S/c1-4-14-36(32,33)35-21-11-9-19(10-12-21)26(24(31)30(2)25(28)29-26)20-7-5-6-17(15-20)18-8-13-22(27)23(16-18)34-3/h5-13,15-16,25,29H,4,14,28H2,1-3H3. The number of benzene rings is 3. The van der Waals surface area contributed by atoms with E-state index in [2.05, 4.69) is 5.32 Å². The van der Waals surface area contributed by atoms with Gasteiger partial charge < -0.3 is 13.8 Å². The maximum Gasteiger partial charge on any atom is 0.309 e. The van der Waals surface area contributed by atoms with Crippen LogP contribution in [0.2, 0.25) is 0 Å². The fourth-order valence-electron chi connectivity index (χ4n) is 4.32. The highest BCUT2D eigenvalue weighted by molar-refractivity contribution is 7.87. The number of amides is 1. The number of nitrogens with two attached hydrogens (primary N) is 1. The molecule has 1 aliphatic heterocycles. The molecule has 190 valence electrons. The topological polar surface area (TPSA) is 111 Å². The van der Waals surface area contributed by atoms with Gasteiger partial charge in [-0.3, -0.25) is 15.8 Å². The third-order valence-electron chi connectivity index (χ3n) is 6.17. The number of likely N-dealkylation sites (N-methyl/N-ethyl adjacent to an activating group) is 1. The van der Waals surface area contributed by atoms with E-state index in [9.17, 15) is 17.6 Å². The van der Waals surface area contributed by atoms with Crippen LogP contribution in [-0.2, 0) is 20.5 Å². The van der Waals surface area contributed by atoms with Crippen molar-refractivity contribution < 1.29 is 26.5 Å². The van der Waals surface area contributed by atoms with Gasteiger partial charge in [0.2, 0.25) is 0 Å². The summed E-state index contributed by atoms with van der Waals surface area (Å²) in [7, 11) is -0.707. The number of carbonyl (C=O) groups excluding carboxylic acids is 1. The van der Waals surface area contributed by atoms with E-state index in [1.165, 1.54) is 30.2 Å². The first-order valence-electron chi connectivity index (χ1n) is 11.4. The molecule has 2 unspecified atom stereocenters. The van der Waals surface area contributed by atoms with Crippen molar-refractivity contribution in [3.8, 4) is 22.6 Å². The van der Waals surface area contributed by atoms with Gasteiger partial charge in [-0.2, -0.15) is 8.42 Å². The molecule has 1 saturated heterocycles. The smallest absolute Gasteiger partial charge is 0.309 e. The molecule has 10 heteroatoms. The summed E-state index contributed by atoms with van der Waals surface area (Å²) in [5.41, 5.74) is 7.48. The summed E-state index contributed by atoms with van der Waals surface area (Å²) in [4.78, 5) is 15.0. The van der Waals surface area contributed by atoms with Crippen molar-refractivity contribution in [2.24, 2.45) is 5.73 Å². The van der Waals surface area contributed by atoms with Gasteiger partial charge >= 0.3 is 10.1 Å². The SMILES string of the molecule is CCCS(=O)(=O)Oc1ccc(C2(c3cccc(-c4ccc(F)c(OC)c4)c3)NC(N)N(C)C2=O)cc1. The molecule has 0 aromatic heterocycles. The summed E-state index contributed by atoms with van der Waals surface area (Å²) in [5, 5.41) is 3.21. The minimum absolute atomic E-state index is 0.0979. The van der Waals surface area contributed by atoms with Crippen molar-refractivity contribution in [3.05, 3.63) is 83.7 Å². The molecule has 1 aliphatic rings. The molecule has 8 nitrogen and oxygen atoms in total. The average molecular weight is 514 g/mol. The van der Waals surface area contributed by atoms with Gasteiger partial charge in [-0.15, -0.1) is 0 Å². The van der Waals surface area contributed by atoms with Gasteiger partial charge in [0.05, 0.1) is 12.9 Å². The highest BCUT2D eigenvalue weighted by Gasteiger charge is 2.51. The Hall–Kier alpha value is -3.47. The van der Waals surface area contributed by atoms with Crippen LogP contribution in [0.1, 0.15) is 24.5 Å². The second kappa shape index (κ2) is 9.88. The Bertz CT molecular complexity index is 1380. The highest BCUT2D eigenvalue weighted by Crippen LogP contribution is 2.38. The van der Waals surface area contributed by atoms with Crippen molar-refractivity contribution in [2.75, 3.05) is 19.9 Å². The van der Waals surface area contributed by atoms with Crippen LogP contribution in [0.15, 0.2) is 66.7 Å². The molecule has 3 aromatic carbocycles. The molecule has 3 N–H and O–H groups in total. The first-order valence-corrected chi connectivity index (χ1v) is 13.0. The monoisotopic (exact) mass is 513 g/mol. The zero-order valence-electron chi connectivity index (χ0n) is 20.2. The summed E-state index contributed by atoms with van der Waals surface area (Å²) in [5.74, 6) is -0.594. The van der Waals surface area contributed by atoms with E-state index in [1.807, 2.05) is 12.1 Å². The summed E-state index contributed by atoms with van der Waals surface area (Å²) < 4.78 is 48.4. The predicted octanol–water partition coefficient (Wildman–Crippen LogP) is 3.17. The Morgan fingerprint density at radius 2 is 1.75 bits per heavy atom. The van der Waals surface area contributed by atoms with E-state index >= 15 is 0 Å². The predicted molar refractivity (Wildman–Crippen MR) is 134 cm³/mol. The Labute approximate surface area is 209 Å². The van der Waals surface area contributed by atoms with Crippen LogP contribution >= 0.6 is 0 Å². The van der Waals surface area contributed by atoms with Gasteiger partial charge in [0.1, 0.15) is 12.0 Å². The first-order chi connectivity index (χ1) is 17.1. The third kappa shape index (κ3) is 4.67. The minimum atomic E-state index is -3.71. The largest absolute Gasteiger partial charge is 0.494 e. The number of hydrogen-bond donors (Lipinski definition) is 2. The second-order valence-corrected chi connectivity index (χ2v) is 10.2. The normalized spacial score (nSPS) is 20.0. The molecule has 0 saturated carbocycles. The molecule has 2 atom stereocenters. The lowest BCUT2D eigenvalue weighted by Gasteiger charge is -2.29. The Morgan fingerprint density at radius 1 is 1.06 bits per heavy atom. The van der Waals surface area contributed by atoms with E-state index in [1.54, 1.807) is 50.4 Å². The molecule has 0 radical (unpaired) electrons. The quantitative estimate of drug-likeness (QED) is 0.445. The van der Waals surface area contributed by atoms with Crippen LogP contribution in [0, 0.1) is 5.82 Å². The third-order valence-corrected chi connectivity index (χ3v) is 7.52. The number of carbonyl (C=O) groups is 1. The van der Waals surface area contributed by atoms with Crippen molar-refractivity contribution in [1.82, 2.24) is 10.2 Å². The molecule has 1 heterocycles. The van der Waals surface area contributed by atoms with Gasteiger partial charge in [-0.1, -0.05) is 43.3 Å². The number of hydrogen-bond acceptors (Lipinski definition) is 7. The summed E-state index contributed by atoms with van der Waals surface area (Å²) in [6, 6.07) is 18.1. The lowest BCUT2D eigenvalue weighted by Crippen LogP contribution is -2.48. The van der Waals surface area contributed by atoms with Crippen molar-refractivity contribution in [2.45, 2.75) is 25.2 Å². The van der Waals surface area contributed by atoms with Crippen LogP contribution in [-0.4, -0.2) is 45.4 Å². The lowest BCUT2D eigenvalue weighted by molar-refractivity contribution is -0.131. The lowest BCUT2D eigenvalue weighted by atomic mass is 9.81. The molecule has 3 aromatic rings. The Morgan fingerprint density at radius 3 is 2.36 bits per heavy atom. The zero-order valence-corrected chi connectivity index (χ0v) is 21.0. The van der Waals surface area contributed by atoms with Crippen molar-refractivity contribution in [3.63, 3.8) is 0 Å². The van der Waals surface area contributed by atoms with Gasteiger partial charge in [0.15, 0.2) is 17.1 Å². The van der Waals surface area contributed by atoms with E-state index in [4.69, 9.17) is 14.7 Å². The first kappa shape index (κ1) is 25.6. The molecular formula is C26H28FN3O5S. The van der Waals surface area contributed by atoms with Crippen LogP contribution in [0.5, 0.6) is 11.5 Å². The van der Waals surface area contributed by atoms with Crippen LogP contribution in [0.3, 0.4) is 0 Å². The van der Waals surface area contributed by atoms with Gasteiger partial charge in [0.25, 0.3) is 5.91 Å². The molecule has 0 spiro atoms. The Balaban J connectivity index is 1.79. The van der Waals surface area contributed by atoms with Crippen molar-refractivity contribution in [1.29, 1.82) is 0 Å². The Kier molecular flexibility index (Phi) is 7.03. The van der Waals surface area contributed by atoms with Gasteiger partial charge in [-0.25, -0.2) is 4.39 Å². The molecule has 1 fully saturated rings. The van der Waals surface area contributed by atoms with E-state index in [-0.39, 0.29) is 23.2 Å². The average Bonchev–Trinajstić information content (AvgIpc) is 3.09. The fourth-order valence-corrected chi connectivity index (χ4v) is 5.31. The number of rotatable bonds is 8. The maximum atomic E-state index is 14.0. The van der Waals surface area contributed by atoms with Gasteiger partial charge in [0, 0.05) is 7.05 Å². The number of methoxy groups -OCH3 is 1. The van der Waals surface area contributed by atoms with E-state index in [0.29, 0.717) is 23.1 Å². The molecule has 0 aliphatic carbocycles. The molecule has 4 rings (SSSR count). The number of nitrogens with zero attached hydrogens (tertiary/aromatic N) is 1. The fraction of sp³-hybridized carbons (Fsp3) is 0.269. The maximum absolute atomic E-state index is 14.0. The van der Waals surface area contributed by atoms with Crippen molar-refractivity contribution >= 4 is 16.0 Å². The zero-order chi connectivity index (χ0) is 26.1. The van der Waals surface area contributed by atoms with Crippen LogP contribution < -0.4 is 20.0 Å². The van der Waals surface area contributed by atoms with E-state index in [0.717, 1.165) is 5.56 Å². The summed E-state index contributed by atoms with van der Waals surface area (Å²) in [6.45, 7) is 1.75. The number of nitrogens with one attached hydrogen (secondary N) is 1. The van der Waals surface area contributed by atoms with E-state index < -0.39 is 27.8 Å². The minimum Gasteiger partial charge on any atom is -0.494 e. The summed E-state index contributed by atoms with van der Waals surface area (Å²) >= 11 is 0. The molecule has 1 amide bonds. The second-order valence-electron chi connectivity index (χ2n) is 8.55. The molecular weight excluding hydrogens is 485 g/mol.